The fourth-order valence-electron chi connectivity index (χ4n) is 2.70. The first-order chi connectivity index (χ1) is 13.5. The average Bonchev–Trinajstić information content (AvgIpc) is 3.04. The molecule has 8 heteroatoms. The number of anilines is 2. The lowest BCUT2D eigenvalue weighted by Gasteiger charge is -2.13. The van der Waals surface area contributed by atoms with E-state index in [4.69, 9.17) is 0 Å². The summed E-state index contributed by atoms with van der Waals surface area (Å²) in [6, 6.07) is 9.38. The Bertz CT molecular complexity index is 965. The highest BCUT2D eigenvalue weighted by Crippen LogP contribution is 2.14. The molecule has 0 fully saturated rings. The number of carbonyl (C=O) groups is 1. The normalized spacial score (nSPS) is 10.6. The van der Waals surface area contributed by atoms with Gasteiger partial charge in [0.2, 0.25) is 0 Å². The Hall–Kier alpha value is -3.42. The number of aryl methyl sites for hydroxylation is 1. The molecule has 28 heavy (non-hydrogen) atoms. The number of imidazole rings is 1. The SMILES string of the molecule is Cc1ncn(-c2cc(NCCNC(=O)c3cccc(N(C)C)c3)ncn2)c1C. The van der Waals surface area contributed by atoms with Crippen LogP contribution in [0.3, 0.4) is 0 Å². The summed E-state index contributed by atoms with van der Waals surface area (Å²) in [5.74, 6) is 1.35. The van der Waals surface area contributed by atoms with Gasteiger partial charge < -0.3 is 15.5 Å². The average molecular weight is 379 g/mol. The van der Waals surface area contributed by atoms with Crippen LogP contribution in [-0.4, -0.2) is 52.6 Å². The summed E-state index contributed by atoms with van der Waals surface area (Å²) >= 11 is 0. The van der Waals surface area contributed by atoms with Crippen LogP contribution in [0.1, 0.15) is 21.7 Å². The lowest BCUT2D eigenvalue weighted by atomic mass is 10.2. The Morgan fingerprint density at radius 3 is 2.64 bits per heavy atom. The fourth-order valence-corrected chi connectivity index (χ4v) is 2.70. The van der Waals surface area contributed by atoms with Crippen molar-refractivity contribution in [1.82, 2.24) is 24.8 Å². The van der Waals surface area contributed by atoms with Gasteiger partial charge in [0.05, 0.1) is 5.69 Å². The zero-order valence-corrected chi connectivity index (χ0v) is 16.6. The molecule has 3 rings (SSSR count). The maximum absolute atomic E-state index is 12.3. The van der Waals surface area contributed by atoms with Gasteiger partial charge in [-0.1, -0.05) is 6.07 Å². The highest BCUT2D eigenvalue weighted by Gasteiger charge is 2.08. The van der Waals surface area contributed by atoms with Gasteiger partial charge in [0.15, 0.2) is 0 Å². The quantitative estimate of drug-likeness (QED) is 0.612. The van der Waals surface area contributed by atoms with Gasteiger partial charge in [-0.25, -0.2) is 15.0 Å². The number of hydrogen-bond donors (Lipinski definition) is 2. The van der Waals surface area contributed by atoms with Crippen LogP contribution >= 0.6 is 0 Å². The van der Waals surface area contributed by atoms with E-state index in [0.717, 1.165) is 22.9 Å². The Morgan fingerprint density at radius 2 is 1.93 bits per heavy atom. The van der Waals surface area contributed by atoms with E-state index >= 15 is 0 Å². The first kappa shape index (κ1) is 19.3. The molecule has 0 aliphatic heterocycles. The molecule has 1 aromatic carbocycles. The Labute approximate surface area is 164 Å². The zero-order valence-electron chi connectivity index (χ0n) is 16.6. The van der Waals surface area contributed by atoms with E-state index < -0.39 is 0 Å². The van der Waals surface area contributed by atoms with Gasteiger partial charge in [0.25, 0.3) is 5.91 Å². The van der Waals surface area contributed by atoms with Crippen LogP contribution in [0.2, 0.25) is 0 Å². The number of nitrogens with one attached hydrogen (secondary N) is 2. The van der Waals surface area contributed by atoms with Crippen molar-refractivity contribution < 1.29 is 4.79 Å². The molecule has 2 N–H and O–H groups in total. The standard InChI is InChI=1S/C20H25N7O/c1-14-15(2)27(13-25-14)19-11-18(23-12-24-19)21-8-9-22-20(28)16-6-5-7-17(10-16)26(3)4/h5-7,10-13H,8-9H2,1-4H3,(H,22,28)(H,21,23,24). The summed E-state index contributed by atoms with van der Waals surface area (Å²) in [6.07, 6.45) is 3.26. The molecule has 2 heterocycles. The monoisotopic (exact) mass is 379 g/mol. The molecule has 0 spiro atoms. The van der Waals surface area contributed by atoms with E-state index in [-0.39, 0.29) is 5.91 Å². The van der Waals surface area contributed by atoms with Gasteiger partial charge in [-0.05, 0) is 32.0 Å². The molecule has 3 aromatic rings. The van der Waals surface area contributed by atoms with Crippen molar-refractivity contribution in [2.75, 3.05) is 37.4 Å². The fraction of sp³-hybridized carbons (Fsp3) is 0.300. The molecule has 8 nitrogen and oxygen atoms in total. The van der Waals surface area contributed by atoms with Gasteiger partial charge in [-0.15, -0.1) is 0 Å². The minimum atomic E-state index is -0.0987. The van der Waals surface area contributed by atoms with Crippen molar-refractivity contribution in [3.05, 3.63) is 59.9 Å². The van der Waals surface area contributed by atoms with Gasteiger partial charge in [-0.2, -0.15) is 0 Å². The topological polar surface area (TPSA) is 88.0 Å². The van der Waals surface area contributed by atoms with E-state index in [1.807, 2.05) is 67.7 Å². The summed E-state index contributed by atoms with van der Waals surface area (Å²) in [7, 11) is 3.90. The Balaban J connectivity index is 1.54. The van der Waals surface area contributed by atoms with Crippen LogP contribution in [0, 0.1) is 13.8 Å². The highest BCUT2D eigenvalue weighted by molar-refractivity contribution is 5.95. The maximum Gasteiger partial charge on any atom is 0.251 e. The minimum Gasteiger partial charge on any atom is -0.378 e. The van der Waals surface area contributed by atoms with Crippen molar-refractivity contribution in [2.45, 2.75) is 13.8 Å². The smallest absolute Gasteiger partial charge is 0.251 e. The summed E-state index contributed by atoms with van der Waals surface area (Å²) in [6.45, 7) is 4.99. The second kappa shape index (κ2) is 8.51. The maximum atomic E-state index is 12.3. The van der Waals surface area contributed by atoms with Gasteiger partial charge in [0, 0.05) is 50.2 Å². The Morgan fingerprint density at radius 1 is 1.11 bits per heavy atom. The van der Waals surface area contributed by atoms with Crippen LogP contribution < -0.4 is 15.5 Å². The van der Waals surface area contributed by atoms with Crippen LogP contribution in [0.5, 0.6) is 0 Å². The first-order valence-corrected chi connectivity index (χ1v) is 9.08. The number of rotatable bonds is 7. The summed E-state index contributed by atoms with van der Waals surface area (Å²) in [5, 5.41) is 6.13. The first-order valence-electron chi connectivity index (χ1n) is 9.08. The second-order valence-corrected chi connectivity index (χ2v) is 6.67. The van der Waals surface area contributed by atoms with E-state index in [2.05, 4.69) is 25.6 Å². The van der Waals surface area contributed by atoms with E-state index in [1.165, 1.54) is 6.33 Å². The molecule has 0 radical (unpaired) electrons. The number of amides is 1. The van der Waals surface area contributed by atoms with Crippen LogP contribution in [-0.2, 0) is 0 Å². The van der Waals surface area contributed by atoms with Gasteiger partial charge in [-0.3, -0.25) is 9.36 Å². The molecule has 0 aliphatic carbocycles. The highest BCUT2D eigenvalue weighted by atomic mass is 16.1. The molecule has 0 atom stereocenters. The van der Waals surface area contributed by atoms with Gasteiger partial charge >= 0.3 is 0 Å². The zero-order chi connectivity index (χ0) is 20.1. The number of nitrogens with zero attached hydrogens (tertiary/aromatic N) is 5. The second-order valence-electron chi connectivity index (χ2n) is 6.67. The predicted octanol–water partition coefficient (Wildman–Crippen LogP) is 2.19. The predicted molar refractivity (Wildman–Crippen MR) is 110 cm³/mol. The van der Waals surface area contributed by atoms with Crippen molar-refractivity contribution in [2.24, 2.45) is 0 Å². The van der Waals surface area contributed by atoms with Crippen molar-refractivity contribution in [3.63, 3.8) is 0 Å². The third-order valence-electron chi connectivity index (χ3n) is 4.49. The molecule has 0 bridgehead atoms. The number of hydrogen-bond acceptors (Lipinski definition) is 6. The number of benzene rings is 1. The third kappa shape index (κ3) is 4.46. The molecule has 0 saturated carbocycles. The number of carbonyl (C=O) groups excluding carboxylic acids is 1. The molecular weight excluding hydrogens is 354 g/mol. The van der Waals surface area contributed by atoms with Crippen molar-refractivity contribution in [1.29, 1.82) is 0 Å². The largest absolute Gasteiger partial charge is 0.378 e. The van der Waals surface area contributed by atoms with Crippen LogP contribution in [0.25, 0.3) is 5.82 Å². The van der Waals surface area contributed by atoms with Gasteiger partial charge in [0.1, 0.15) is 24.3 Å². The van der Waals surface area contributed by atoms with E-state index in [0.29, 0.717) is 24.5 Å². The molecule has 146 valence electrons. The van der Waals surface area contributed by atoms with E-state index in [9.17, 15) is 4.79 Å². The number of aromatic nitrogens is 4. The molecule has 1 amide bonds. The summed E-state index contributed by atoms with van der Waals surface area (Å²) in [5.41, 5.74) is 3.64. The van der Waals surface area contributed by atoms with Crippen molar-refractivity contribution in [3.8, 4) is 5.82 Å². The van der Waals surface area contributed by atoms with Crippen LogP contribution in [0.4, 0.5) is 11.5 Å². The molecule has 0 saturated heterocycles. The third-order valence-corrected chi connectivity index (χ3v) is 4.49. The molecule has 0 unspecified atom stereocenters. The molecule has 0 aliphatic rings. The summed E-state index contributed by atoms with van der Waals surface area (Å²) in [4.78, 5) is 27.1. The van der Waals surface area contributed by atoms with Crippen LogP contribution in [0.15, 0.2) is 43.0 Å². The lowest BCUT2D eigenvalue weighted by molar-refractivity contribution is 0.0955. The minimum absolute atomic E-state index is 0.0987. The molecular formula is C20H25N7O. The van der Waals surface area contributed by atoms with E-state index in [1.54, 1.807) is 6.33 Å². The lowest BCUT2D eigenvalue weighted by Crippen LogP contribution is -2.29. The molecule has 2 aromatic heterocycles. The Kier molecular flexibility index (Phi) is 5.88. The van der Waals surface area contributed by atoms with Crippen molar-refractivity contribution >= 4 is 17.4 Å². The summed E-state index contributed by atoms with van der Waals surface area (Å²) < 4.78 is 1.92.